The number of aldehydes is 1. The molecular weight excluding hydrogens is 404 g/mol. The zero-order valence-corrected chi connectivity index (χ0v) is 15.5. The topological polar surface area (TPSA) is 177 Å². The third-order valence-corrected chi connectivity index (χ3v) is 4.50. The van der Waals surface area contributed by atoms with Crippen LogP contribution in [0.3, 0.4) is 0 Å². The normalized spacial score (nSPS) is 12.1. The van der Waals surface area contributed by atoms with Crippen molar-refractivity contribution < 1.29 is 53.8 Å². The summed E-state index contributed by atoms with van der Waals surface area (Å²) in [6.07, 6.45) is 0.0481. The highest BCUT2D eigenvalue weighted by Gasteiger charge is 2.36. The van der Waals surface area contributed by atoms with Gasteiger partial charge in [0.15, 0.2) is 17.8 Å². The number of aromatic hydroxyl groups is 3. The molecule has 2 aromatic rings. The summed E-state index contributed by atoms with van der Waals surface area (Å²) >= 11 is 0. The monoisotopic (exact) mass is 418 g/mol. The van der Waals surface area contributed by atoms with E-state index in [9.17, 15) is 39.6 Å². The highest BCUT2D eigenvalue weighted by Crippen LogP contribution is 2.46. The highest BCUT2D eigenvalue weighted by atomic mass is 16.6. The van der Waals surface area contributed by atoms with Crippen LogP contribution in [0.5, 0.6) is 28.7 Å². The van der Waals surface area contributed by atoms with Gasteiger partial charge in [-0.1, -0.05) is 0 Å². The van der Waals surface area contributed by atoms with Gasteiger partial charge in [-0.25, -0.2) is 14.4 Å². The number of hydrogen-bond acceptors (Lipinski definition) is 10. The number of fused-ring (bicyclic) bond motifs is 1. The third kappa shape index (κ3) is 2.92. The molecule has 1 aliphatic rings. The van der Waals surface area contributed by atoms with E-state index in [1.54, 1.807) is 0 Å². The van der Waals surface area contributed by atoms with Crippen LogP contribution in [0.2, 0.25) is 0 Å². The number of hydrogen-bond donors (Lipinski definition) is 4. The van der Waals surface area contributed by atoms with Gasteiger partial charge in [0.2, 0.25) is 0 Å². The number of aryl methyl sites for hydroxylation is 1. The number of ether oxygens (including phenoxy) is 3. The average Bonchev–Trinajstić information content (AvgIpc) is 3.06. The lowest BCUT2D eigenvalue weighted by Gasteiger charge is -2.16. The Labute approximate surface area is 167 Å². The largest absolute Gasteiger partial charge is 0.506 e. The van der Waals surface area contributed by atoms with Gasteiger partial charge in [0.1, 0.15) is 46.1 Å². The standard InChI is InChI=1S/C19H14O11/c1-6-3-9(28-2)12(17(24)25)15(23)10(6)19(27)30-16-8-5-29-18(26)11(8)13(21)7(4-20)14(16)22/h3-4,21-23H,5H2,1-2H3,(H,24,25). The second-order valence-electron chi connectivity index (χ2n) is 6.18. The van der Waals surface area contributed by atoms with Gasteiger partial charge in [-0.2, -0.15) is 0 Å². The van der Waals surface area contributed by atoms with Gasteiger partial charge in [0.05, 0.1) is 12.7 Å². The Morgan fingerprint density at radius 3 is 2.37 bits per heavy atom. The molecule has 1 aliphatic heterocycles. The number of carboxylic acids is 1. The van der Waals surface area contributed by atoms with E-state index in [0.29, 0.717) is 0 Å². The molecule has 11 nitrogen and oxygen atoms in total. The predicted octanol–water partition coefficient (Wildman–Crippen LogP) is 1.52. The smallest absolute Gasteiger partial charge is 0.347 e. The van der Waals surface area contributed by atoms with E-state index in [1.165, 1.54) is 20.1 Å². The number of benzene rings is 2. The molecule has 0 unspecified atom stereocenters. The zero-order valence-electron chi connectivity index (χ0n) is 15.5. The summed E-state index contributed by atoms with van der Waals surface area (Å²) in [4.78, 5) is 47.3. The highest BCUT2D eigenvalue weighted by molar-refractivity contribution is 6.05. The molecule has 0 spiro atoms. The van der Waals surface area contributed by atoms with Crippen molar-refractivity contribution in [3.63, 3.8) is 0 Å². The van der Waals surface area contributed by atoms with Crippen molar-refractivity contribution >= 4 is 24.2 Å². The van der Waals surface area contributed by atoms with E-state index >= 15 is 0 Å². The molecule has 0 radical (unpaired) electrons. The quantitative estimate of drug-likeness (QED) is 0.314. The number of phenolic OH excluding ortho intramolecular Hbond substituents is 2. The molecule has 0 aliphatic carbocycles. The first-order valence-electron chi connectivity index (χ1n) is 8.23. The Balaban J connectivity index is 2.17. The number of methoxy groups -OCH3 is 1. The average molecular weight is 418 g/mol. The molecule has 156 valence electrons. The van der Waals surface area contributed by atoms with E-state index in [0.717, 1.165) is 0 Å². The van der Waals surface area contributed by atoms with E-state index in [1.807, 2.05) is 0 Å². The number of phenols is 3. The predicted molar refractivity (Wildman–Crippen MR) is 95.6 cm³/mol. The fourth-order valence-corrected chi connectivity index (χ4v) is 3.10. The molecular formula is C19H14O11. The Morgan fingerprint density at radius 2 is 1.80 bits per heavy atom. The Bertz CT molecular complexity index is 1130. The second kappa shape index (κ2) is 7.28. The van der Waals surface area contributed by atoms with Gasteiger partial charge < -0.3 is 34.6 Å². The molecule has 30 heavy (non-hydrogen) atoms. The van der Waals surface area contributed by atoms with Crippen molar-refractivity contribution in [2.24, 2.45) is 0 Å². The van der Waals surface area contributed by atoms with Crippen LogP contribution >= 0.6 is 0 Å². The molecule has 0 bridgehead atoms. The maximum Gasteiger partial charge on any atom is 0.347 e. The minimum absolute atomic E-state index is 0.0481. The first-order valence-corrected chi connectivity index (χ1v) is 8.23. The molecule has 0 atom stereocenters. The Hall–Kier alpha value is -4.28. The van der Waals surface area contributed by atoms with Crippen LogP contribution in [0.25, 0.3) is 0 Å². The molecule has 2 aromatic carbocycles. The van der Waals surface area contributed by atoms with Gasteiger partial charge >= 0.3 is 17.9 Å². The molecule has 1 heterocycles. The van der Waals surface area contributed by atoms with Crippen LogP contribution in [0.15, 0.2) is 6.07 Å². The molecule has 0 aromatic heterocycles. The number of carboxylic acid groups (broad SMARTS) is 1. The maximum absolute atomic E-state index is 12.7. The fraction of sp³-hybridized carbons (Fsp3) is 0.158. The number of aromatic carboxylic acids is 1. The van der Waals surface area contributed by atoms with Gasteiger partial charge in [-0.3, -0.25) is 4.79 Å². The van der Waals surface area contributed by atoms with Gasteiger partial charge in [0, 0.05) is 0 Å². The number of cyclic esters (lactones) is 1. The first kappa shape index (κ1) is 20.5. The molecule has 0 saturated heterocycles. The van der Waals surface area contributed by atoms with Crippen LogP contribution in [-0.4, -0.2) is 51.7 Å². The third-order valence-electron chi connectivity index (χ3n) is 4.50. The summed E-state index contributed by atoms with van der Waals surface area (Å²) in [5, 5.41) is 40.0. The minimum Gasteiger partial charge on any atom is -0.506 e. The molecule has 0 fully saturated rings. The van der Waals surface area contributed by atoms with Crippen molar-refractivity contribution in [1.82, 2.24) is 0 Å². The fourth-order valence-electron chi connectivity index (χ4n) is 3.10. The lowest BCUT2D eigenvalue weighted by molar-refractivity contribution is 0.0531. The SMILES string of the molecule is COc1cc(C)c(C(=O)Oc2c(O)c(C=O)c(O)c3c2COC3=O)c(O)c1C(=O)O. The summed E-state index contributed by atoms with van der Waals surface area (Å²) in [6, 6.07) is 1.18. The first-order chi connectivity index (χ1) is 14.1. The molecule has 0 amide bonds. The summed E-state index contributed by atoms with van der Waals surface area (Å²) < 4.78 is 14.8. The van der Waals surface area contributed by atoms with E-state index in [2.05, 4.69) is 0 Å². The summed E-state index contributed by atoms with van der Waals surface area (Å²) in [5.74, 6) is -7.43. The van der Waals surface area contributed by atoms with Crippen molar-refractivity contribution in [2.75, 3.05) is 7.11 Å². The molecule has 4 N–H and O–H groups in total. The van der Waals surface area contributed by atoms with Crippen molar-refractivity contribution in [3.05, 3.63) is 39.4 Å². The van der Waals surface area contributed by atoms with Crippen LogP contribution in [0.1, 0.15) is 52.6 Å². The summed E-state index contributed by atoms with van der Waals surface area (Å²) in [6.45, 7) is 0.903. The number of esters is 2. The van der Waals surface area contributed by atoms with E-state index in [4.69, 9.17) is 14.2 Å². The van der Waals surface area contributed by atoms with Crippen LogP contribution in [0, 0.1) is 6.92 Å². The lowest BCUT2D eigenvalue weighted by atomic mass is 10.0. The van der Waals surface area contributed by atoms with Gasteiger partial charge in [-0.05, 0) is 18.6 Å². The van der Waals surface area contributed by atoms with E-state index in [-0.39, 0.29) is 23.2 Å². The lowest BCUT2D eigenvalue weighted by Crippen LogP contribution is -2.15. The van der Waals surface area contributed by atoms with Crippen LogP contribution in [0.4, 0.5) is 0 Å². The zero-order chi connectivity index (χ0) is 22.3. The summed E-state index contributed by atoms with van der Waals surface area (Å²) in [7, 11) is 1.17. The van der Waals surface area contributed by atoms with Crippen molar-refractivity contribution in [1.29, 1.82) is 0 Å². The Kier molecular flexibility index (Phi) is 4.96. The number of rotatable bonds is 5. The number of carbonyl (C=O) groups is 4. The number of carbonyl (C=O) groups excluding carboxylic acids is 3. The second-order valence-corrected chi connectivity index (χ2v) is 6.18. The van der Waals surface area contributed by atoms with Crippen LogP contribution < -0.4 is 9.47 Å². The Morgan fingerprint density at radius 1 is 1.13 bits per heavy atom. The summed E-state index contributed by atoms with van der Waals surface area (Å²) in [5.41, 5.74) is -2.53. The van der Waals surface area contributed by atoms with Crippen molar-refractivity contribution in [2.45, 2.75) is 13.5 Å². The maximum atomic E-state index is 12.7. The van der Waals surface area contributed by atoms with E-state index < -0.39 is 69.8 Å². The minimum atomic E-state index is -1.57. The molecule has 0 saturated carbocycles. The molecule has 3 rings (SSSR count). The van der Waals surface area contributed by atoms with Gasteiger partial charge in [-0.15, -0.1) is 0 Å². The van der Waals surface area contributed by atoms with Crippen molar-refractivity contribution in [3.8, 4) is 28.7 Å². The van der Waals surface area contributed by atoms with Crippen LogP contribution in [-0.2, 0) is 11.3 Å². The van der Waals surface area contributed by atoms with Gasteiger partial charge in [0.25, 0.3) is 0 Å². The molecule has 11 heteroatoms.